The van der Waals surface area contributed by atoms with Crippen LogP contribution in [0.5, 0.6) is 23.0 Å². The van der Waals surface area contributed by atoms with Gasteiger partial charge < -0.3 is 37.9 Å². The number of ether oxygens (including phenoxy) is 8. The van der Waals surface area contributed by atoms with E-state index in [-0.39, 0.29) is 37.1 Å². The summed E-state index contributed by atoms with van der Waals surface area (Å²) in [6.45, 7) is 14.7. The smallest absolute Gasteiger partial charge is 0.419 e. The topological polar surface area (TPSA) is 114 Å². The number of para-hydroxylation sites is 4. The number of hydrogen-bond acceptors (Lipinski definition) is 12. The summed E-state index contributed by atoms with van der Waals surface area (Å²) < 4.78 is 75.4. The molecule has 4 aromatic carbocycles. The predicted octanol–water partition coefficient (Wildman–Crippen LogP) is 9.72. The van der Waals surface area contributed by atoms with Crippen LogP contribution in [0.4, 0.5) is 8.78 Å². The van der Waals surface area contributed by atoms with Gasteiger partial charge in [0, 0.05) is 26.3 Å². The first-order valence-electron chi connectivity index (χ1n) is 22.5. The van der Waals surface area contributed by atoms with E-state index < -0.39 is 24.4 Å². The summed E-state index contributed by atoms with van der Waals surface area (Å²) in [7, 11) is 0. The lowest BCUT2D eigenvalue weighted by Gasteiger charge is -2.32. The number of benzene rings is 4. The fourth-order valence-corrected chi connectivity index (χ4v) is 7.20. The van der Waals surface area contributed by atoms with Gasteiger partial charge in [0.15, 0.2) is 35.5 Å². The number of esters is 2. The molecule has 0 spiro atoms. The van der Waals surface area contributed by atoms with Crippen LogP contribution in [0.2, 0.25) is 0 Å². The zero-order valence-corrected chi connectivity index (χ0v) is 38.2. The molecule has 12 nitrogen and oxygen atoms in total. The van der Waals surface area contributed by atoms with E-state index in [0.29, 0.717) is 101 Å². The van der Waals surface area contributed by atoms with Gasteiger partial charge in [-0.3, -0.25) is 9.80 Å². The van der Waals surface area contributed by atoms with E-state index >= 15 is 0 Å². The Morgan fingerprint density at radius 3 is 1.14 bits per heavy atom. The molecule has 0 saturated carbocycles. The third-order valence-corrected chi connectivity index (χ3v) is 10.4. The molecule has 0 N–H and O–H groups in total. The van der Waals surface area contributed by atoms with Crippen LogP contribution < -0.4 is 18.9 Å². The maximum atomic E-state index is 13.9. The number of halogens is 2. The first-order valence-corrected chi connectivity index (χ1v) is 22.5. The van der Waals surface area contributed by atoms with Crippen LogP contribution in [0, 0.1) is 11.6 Å². The summed E-state index contributed by atoms with van der Waals surface area (Å²) in [6, 6.07) is 26.9. The maximum absolute atomic E-state index is 13.9. The Morgan fingerprint density at radius 1 is 0.484 bits per heavy atom. The molecule has 0 aliphatic rings. The van der Waals surface area contributed by atoms with Gasteiger partial charge in [-0.15, -0.1) is 0 Å². The van der Waals surface area contributed by atoms with Crippen molar-refractivity contribution in [3.05, 3.63) is 120 Å². The zero-order valence-electron chi connectivity index (χ0n) is 38.2. The second kappa shape index (κ2) is 28.5. The Bertz CT molecular complexity index is 1800. The van der Waals surface area contributed by atoms with Crippen LogP contribution in [0.15, 0.2) is 97.1 Å². The molecule has 0 bridgehead atoms. The van der Waals surface area contributed by atoms with E-state index in [1.807, 2.05) is 75.6 Å². The van der Waals surface area contributed by atoms with Crippen LogP contribution in [0.25, 0.3) is 0 Å². The molecule has 4 unspecified atom stereocenters. The minimum atomic E-state index is -1.20. The highest BCUT2D eigenvalue weighted by Crippen LogP contribution is 2.29. The summed E-state index contributed by atoms with van der Waals surface area (Å²) in [5, 5.41) is 0. The number of nitrogens with zero attached hydrogens (tertiary/aromatic N) is 2. The van der Waals surface area contributed by atoms with E-state index in [2.05, 4.69) is 0 Å². The standard InChI is InChI=1S/C50H66F2N2O10/c1-7-53(33-17-23-41(57-9-3)37-25-29-39(51)30-26-37)47(35-61-45-21-15-13-19-43(45)59-11-5)63-49(55)50(56)64-48(36-62-46-22-16-14-20-44(46)60-12-6)54(8-2)34-18-24-42(58-10-4)38-27-31-40(52)32-28-38/h13-16,19-22,25-32,41-42,47-48H,7-12,17-18,23-24,33-36H2,1-6H3. The minimum absolute atomic E-state index is 0.124. The lowest BCUT2D eigenvalue weighted by Crippen LogP contribution is -2.47. The first kappa shape index (κ1) is 51.4. The number of carbonyl (C=O) groups is 2. The molecule has 4 aromatic rings. The largest absolute Gasteiger partial charge is 0.490 e. The van der Waals surface area contributed by atoms with E-state index in [9.17, 15) is 18.4 Å². The maximum Gasteiger partial charge on any atom is 0.419 e. The molecule has 0 aliphatic carbocycles. The van der Waals surface area contributed by atoms with E-state index in [1.165, 1.54) is 24.3 Å². The van der Waals surface area contributed by atoms with Gasteiger partial charge >= 0.3 is 11.9 Å². The van der Waals surface area contributed by atoms with E-state index in [1.54, 1.807) is 48.5 Å². The van der Waals surface area contributed by atoms with Gasteiger partial charge in [0.1, 0.15) is 24.8 Å². The van der Waals surface area contributed by atoms with Crippen molar-refractivity contribution in [3.63, 3.8) is 0 Å². The molecule has 0 heterocycles. The minimum Gasteiger partial charge on any atom is -0.490 e. The number of hydrogen-bond donors (Lipinski definition) is 0. The van der Waals surface area contributed by atoms with Gasteiger partial charge in [-0.1, -0.05) is 62.4 Å². The zero-order chi connectivity index (χ0) is 46.1. The monoisotopic (exact) mass is 892 g/mol. The highest BCUT2D eigenvalue weighted by atomic mass is 19.1. The number of carbonyl (C=O) groups excluding carboxylic acids is 2. The number of rotatable bonds is 30. The molecular formula is C50H66F2N2O10. The first-order chi connectivity index (χ1) is 31.1. The van der Waals surface area contributed by atoms with Crippen LogP contribution >= 0.6 is 0 Å². The third-order valence-electron chi connectivity index (χ3n) is 10.4. The summed E-state index contributed by atoms with van der Waals surface area (Å²) in [5.41, 5.74) is 1.71. The Morgan fingerprint density at radius 2 is 0.828 bits per heavy atom. The SMILES string of the molecule is CCOc1ccccc1OCC(OC(=O)C(=O)OC(COc1ccccc1OCC)N(CC)CCCC(OCC)c1ccc(F)cc1)N(CC)CCCC(OCC)c1ccc(F)cc1. The summed E-state index contributed by atoms with van der Waals surface area (Å²) in [4.78, 5) is 31.6. The Kier molecular flexibility index (Phi) is 22.9. The van der Waals surface area contributed by atoms with Crippen molar-refractivity contribution in [1.82, 2.24) is 9.80 Å². The van der Waals surface area contributed by atoms with Crippen molar-refractivity contribution in [2.75, 3.05) is 65.8 Å². The van der Waals surface area contributed by atoms with Crippen LogP contribution in [0.1, 0.15) is 90.6 Å². The predicted molar refractivity (Wildman–Crippen MR) is 240 cm³/mol. The van der Waals surface area contributed by atoms with Gasteiger partial charge in [0.2, 0.25) is 0 Å². The molecule has 0 fully saturated rings. The average Bonchev–Trinajstić information content (AvgIpc) is 3.30. The molecule has 0 saturated heterocycles. The lowest BCUT2D eigenvalue weighted by atomic mass is 10.0. The van der Waals surface area contributed by atoms with Gasteiger partial charge in [-0.2, -0.15) is 0 Å². The third kappa shape index (κ3) is 16.7. The second-order valence-corrected chi connectivity index (χ2v) is 14.6. The fraction of sp³-hybridized carbons (Fsp3) is 0.480. The van der Waals surface area contributed by atoms with Crippen molar-refractivity contribution in [2.45, 2.75) is 91.9 Å². The summed E-state index contributed by atoms with van der Waals surface area (Å²) >= 11 is 0. The molecule has 4 rings (SSSR count). The molecule has 0 aliphatic heterocycles. The molecule has 0 aromatic heterocycles. The highest BCUT2D eigenvalue weighted by molar-refractivity contribution is 6.29. The van der Waals surface area contributed by atoms with Crippen molar-refractivity contribution < 1.29 is 56.3 Å². The lowest BCUT2D eigenvalue weighted by molar-refractivity contribution is -0.188. The van der Waals surface area contributed by atoms with Gasteiger partial charge in [0.25, 0.3) is 0 Å². The van der Waals surface area contributed by atoms with Crippen LogP contribution in [-0.4, -0.2) is 100 Å². The Hall–Kier alpha value is -5.28. The van der Waals surface area contributed by atoms with Gasteiger partial charge in [-0.25, -0.2) is 18.4 Å². The van der Waals surface area contributed by atoms with Gasteiger partial charge in [0.05, 0.1) is 25.4 Å². The molecule has 0 radical (unpaired) electrons. The summed E-state index contributed by atoms with van der Waals surface area (Å²) in [6.07, 6.45) is -0.132. The number of likely N-dealkylation sites (N-methyl/N-ethyl adjacent to an activating group) is 2. The quantitative estimate of drug-likeness (QED) is 0.0282. The average molecular weight is 893 g/mol. The van der Waals surface area contributed by atoms with Gasteiger partial charge in [-0.05, 0) is 126 Å². The van der Waals surface area contributed by atoms with E-state index in [4.69, 9.17) is 37.9 Å². The fourth-order valence-electron chi connectivity index (χ4n) is 7.20. The normalized spacial score (nSPS) is 13.2. The molecule has 350 valence electrons. The Balaban J connectivity index is 1.53. The molecule has 4 atom stereocenters. The summed E-state index contributed by atoms with van der Waals surface area (Å²) in [5.74, 6) is -1.11. The molecule has 64 heavy (non-hydrogen) atoms. The van der Waals surface area contributed by atoms with E-state index in [0.717, 1.165) is 11.1 Å². The molecule has 0 amide bonds. The van der Waals surface area contributed by atoms with Crippen molar-refractivity contribution in [2.24, 2.45) is 0 Å². The Labute approximate surface area is 377 Å². The van der Waals surface area contributed by atoms with Crippen LogP contribution in [-0.2, 0) is 28.5 Å². The van der Waals surface area contributed by atoms with Crippen LogP contribution in [0.3, 0.4) is 0 Å². The molecular weight excluding hydrogens is 827 g/mol. The highest BCUT2D eigenvalue weighted by Gasteiger charge is 2.32. The molecule has 14 heteroatoms. The van der Waals surface area contributed by atoms with Crippen molar-refractivity contribution in [1.29, 1.82) is 0 Å². The van der Waals surface area contributed by atoms with Crippen molar-refractivity contribution >= 4 is 11.9 Å². The second-order valence-electron chi connectivity index (χ2n) is 14.6. The van der Waals surface area contributed by atoms with Crippen molar-refractivity contribution in [3.8, 4) is 23.0 Å².